The quantitative estimate of drug-likeness (QED) is 0.863. The molecule has 2 heterocycles. The van der Waals surface area contributed by atoms with Crippen molar-refractivity contribution in [3.05, 3.63) is 59.7 Å². The number of piperidine rings is 1. The van der Waals surface area contributed by atoms with Crippen LogP contribution in [0, 0.1) is 0 Å². The van der Waals surface area contributed by atoms with Crippen molar-refractivity contribution in [2.24, 2.45) is 4.40 Å². The Hall–Kier alpha value is -2.67. The zero-order valence-electron chi connectivity index (χ0n) is 15.8. The van der Waals surface area contributed by atoms with Crippen LogP contribution in [0.4, 0.5) is 5.69 Å². The van der Waals surface area contributed by atoms with Gasteiger partial charge in [-0.1, -0.05) is 31.2 Å². The molecule has 2 aliphatic rings. The van der Waals surface area contributed by atoms with Gasteiger partial charge in [-0.25, -0.2) is 0 Å². The van der Waals surface area contributed by atoms with Crippen LogP contribution in [0.25, 0.3) is 0 Å². The molecule has 146 valence electrons. The monoisotopic (exact) mass is 397 g/mol. The Bertz CT molecular complexity index is 1050. The minimum atomic E-state index is -3.71. The van der Waals surface area contributed by atoms with E-state index in [1.54, 1.807) is 24.3 Å². The lowest BCUT2D eigenvalue weighted by Crippen LogP contribution is -2.50. The molecule has 7 heteroatoms. The Balaban J connectivity index is 1.63. The van der Waals surface area contributed by atoms with Crippen LogP contribution in [-0.2, 0) is 21.2 Å². The number of rotatable bonds is 3. The molecule has 2 aromatic rings. The van der Waals surface area contributed by atoms with Crippen molar-refractivity contribution in [3.8, 4) is 0 Å². The van der Waals surface area contributed by atoms with Crippen molar-refractivity contribution >= 4 is 27.5 Å². The normalized spacial score (nSPS) is 20.4. The van der Waals surface area contributed by atoms with Gasteiger partial charge in [-0.3, -0.25) is 4.79 Å². The molecule has 0 aliphatic carbocycles. The van der Waals surface area contributed by atoms with E-state index in [0.29, 0.717) is 24.4 Å². The van der Waals surface area contributed by atoms with E-state index in [-0.39, 0.29) is 10.8 Å². The van der Waals surface area contributed by atoms with Crippen LogP contribution in [0.3, 0.4) is 0 Å². The molecule has 28 heavy (non-hydrogen) atoms. The summed E-state index contributed by atoms with van der Waals surface area (Å²) in [5.74, 6) is 0.259. The number of carbonyl (C=O) groups is 1. The molecule has 1 saturated heterocycles. The summed E-state index contributed by atoms with van der Waals surface area (Å²) in [4.78, 5) is 15.1. The van der Waals surface area contributed by atoms with Gasteiger partial charge in [0, 0.05) is 17.8 Å². The summed E-state index contributed by atoms with van der Waals surface area (Å²) in [6, 6.07) is 14.2. The summed E-state index contributed by atoms with van der Waals surface area (Å²) < 4.78 is 28.9. The van der Waals surface area contributed by atoms with Crippen LogP contribution in [0.15, 0.2) is 57.8 Å². The molecule has 6 nitrogen and oxygen atoms in total. The molecule has 0 saturated carbocycles. The van der Waals surface area contributed by atoms with Gasteiger partial charge in [-0.2, -0.15) is 8.42 Å². The lowest BCUT2D eigenvalue weighted by atomic mass is 9.99. The van der Waals surface area contributed by atoms with E-state index in [1.165, 1.54) is 0 Å². The van der Waals surface area contributed by atoms with Crippen LogP contribution >= 0.6 is 0 Å². The number of amides is 1. The third kappa shape index (κ3) is 3.42. The number of benzene rings is 2. The van der Waals surface area contributed by atoms with Crippen molar-refractivity contribution in [3.63, 3.8) is 0 Å². The summed E-state index contributed by atoms with van der Waals surface area (Å²) in [5.41, 5.74) is 2.49. The molecule has 0 aromatic heterocycles. The summed E-state index contributed by atoms with van der Waals surface area (Å²) in [5, 5.41) is 3.00. The molecule has 0 radical (unpaired) electrons. The topological polar surface area (TPSA) is 78.8 Å². The Morgan fingerprint density at radius 2 is 2.00 bits per heavy atom. The minimum absolute atomic E-state index is 0.127. The van der Waals surface area contributed by atoms with Gasteiger partial charge in [0.25, 0.3) is 10.0 Å². The summed E-state index contributed by atoms with van der Waals surface area (Å²) in [6.45, 7) is 2.68. The number of likely N-dealkylation sites (tertiary alicyclic amines) is 1. The number of anilines is 1. The van der Waals surface area contributed by atoms with E-state index in [9.17, 15) is 13.2 Å². The van der Waals surface area contributed by atoms with Gasteiger partial charge in [-0.05, 0) is 55.5 Å². The molecule has 0 spiro atoms. The second kappa shape index (κ2) is 7.39. The fourth-order valence-corrected chi connectivity index (χ4v) is 5.06. The highest BCUT2D eigenvalue weighted by Crippen LogP contribution is 2.31. The number of amidine groups is 1. The van der Waals surface area contributed by atoms with Crippen LogP contribution in [0.5, 0.6) is 0 Å². The highest BCUT2D eigenvalue weighted by molar-refractivity contribution is 7.90. The number of aryl methyl sites for hydroxylation is 1. The first kappa shape index (κ1) is 18.7. The Morgan fingerprint density at radius 1 is 1.18 bits per heavy atom. The second-order valence-electron chi connectivity index (χ2n) is 7.13. The predicted molar refractivity (Wildman–Crippen MR) is 109 cm³/mol. The molecule has 1 N–H and O–H groups in total. The average Bonchev–Trinajstić information content (AvgIpc) is 2.99. The summed E-state index contributed by atoms with van der Waals surface area (Å²) >= 11 is 0. The Kier molecular flexibility index (Phi) is 4.93. The average molecular weight is 398 g/mol. The van der Waals surface area contributed by atoms with Gasteiger partial charge in [0.05, 0.1) is 0 Å². The number of carbonyl (C=O) groups excluding carboxylic acids is 1. The first-order chi connectivity index (χ1) is 13.5. The van der Waals surface area contributed by atoms with Crippen molar-refractivity contribution in [1.82, 2.24) is 4.90 Å². The zero-order chi connectivity index (χ0) is 19.7. The molecule has 2 aliphatic heterocycles. The molecule has 4 rings (SSSR count). The third-order valence-corrected chi connectivity index (χ3v) is 6.62. The van der Waals surface area contributed by atoms with E-state index in [2.05, 4.69) is 16.6 Å². The lowest BCUT2D eigenvalue weighted by Gasteiger charge is -2.36. The van der Waals surface area contributed by atoms with Crippen LogP contribution in [-0.4, -0.2) is 37.6 Å². The molecular weight excluding hydrogens is 374 g/mol. The number of hydrogen-bond donors (Lipinski definition) is 1. The fraction of sp³-hybridized carbons (Fsp3) is 0.333. The fourth-order valence-electron chi connectivity index (χ4n) is 3.85. The van der Waals surface area contributed by atoms with E-state index < -0.39 is 16.1 Å². The first-order valence-electron chi connectivity index (χ1n) is 9.60. The third-order valence-electron chi connectivity index (χ3n) is 5.29. The maximum Gasteiger partial charge on any atom is 0.285 e. The highest BCUT2D eigenvalue weighted by atomic mass is 32.2. The standard InChI is InChI=1S/C21H23N3O3S/c1-2-15-8-7-9-16(14-15)22-21(25)18-11-5-6-13-24(18)20-17-10-3-4-12-19(17)28(26,27)23-20/h3-4,7-10,12,14,18H,2,5-6,11,13H2,1H3,(H,22,25)/t18-/m0/s1. The van der Waals surface area contributed by atoms with Crippen LogP contribution in [0.1, 0.15) is 37.3 Å². The number of nitrogens with one attached hydrogen (secondary N) is 1. The molecule has 0 bridgehead atoms. The predicted octanol–water partition coefficient (Wildman–Crippen LogP) is 3.19. The number of sulfonamides is 1. The van der Waals surface area contributed by atoms with Gasteiger partial charge < -0.3 is 10.2 Å². The summed E-state index contributed by atoms with van der Waals surface area (Å²) in [6.07, 6.45) is 3.38. The Labute approximate surface area is 165 Å². The number of hydrogen-bond acceptors (Lipinski definition) is 4. The van der Waals surface area contributed by atoms with Gasteiger partial charge in [0.1, 0.15) is 10.9 Å². The smallest absolute Gasteiger partial charge is 0.285 e. The lowest BCUT2D eigenvalue weighted by molar-refractivity contribution is -0.120. The van der Waals surface area contributed by atoms with Gasteiger partial charge in [0.2, 0.25) is 5.91 Å². The van der Waals surface area contributed by atoms with Gasteiger partial charge in [0.15, 0.2) is 5.84 Å². The largest absolute Gasteiger partial charge is 0.343 e. The molecular formula is C21H23N3O3S. The van der Waals surface area contributed by atoms with Crippen LogP contribution < -0.4 is 5.32 Å². The zero-order valence-corrected chi connectivity index (χ0v) is 16.6. The summed E-state index contributed by atoms with van der Waals surface area (Å²) in [7, 11) is -3.71. The SMILES string of the molecule is CCc1cccc(NC(=O)[C@@H]2CCCCN2C2=NS(=O)(=O)c3ccccc32)c1. The Morgan fingerprint density at radius 3 is 2.82 bits per heavy atom. The minimum Gasteiger partial charge on any atom is -0.343 e. The van der Waals surface area contributed by atoms with Crippen molar-refractivity contribution < 1.29 is 13.2 Å². The molecule has 0 unspecified atom stereocenters. The van der Waals surface area contributed by atoms with Crippen molar-refractivity contribution in [1.29, 1.82) is 0 Å². The van der Waals surface area contributed by atoms with Gasteiger partial charge >= 0.3 is 0 Å². The van der Waals surface area contributed by atoms with E-state index >= 15 is 0 Å². The van der Waals surface area contributed by atoms with Gasteiger partial charge in [-0.15, -0.1) is 4.40 Å². The molecule has 2 aromatic carbocycles. The first-order valence-corrected chi connectivity index (χ1v) is 11.0. The maximum atomic E-state index is 13.1. The molecule has 1 fully saturated rings. The molecule has 1 atom stereocenters. The number of fused-ring (bicyclic) bond motifs is 1. The van der Waals surface area contributed by atoms with E-state index in [1.807, 2.05) is 29.2 Å². The van der Waals surface area contributed by atoms with Crippen molar-refractivity contribution in [2.75, 3.05) is 11.9 Å². The van der Waals surface area contributed by atoms with Crippen molar-refractivity contribution in [2.45, 2.75) is 43.5 Å². The second-order valence-corrected chi connectivity index (χ2v) is 8.71. The molecule has 1 amide bonds. The highest BCUT2D eigenvalue weighted by Gasteiger charge is 2.37. The van der Waals surface area contributed by atoms with E-state index in [4.69, 9.17) is 0 Å². The number of nitrogens with zero attached hydrogens (tertiary/aromatic N) is 2. The van der Waals surface area contributed by atoms with E-state index in [0.717, 1.165) is 30.5 Å². The maximum absolute atomic E-state index is 13.1. The van der Waals surface area contributed by atoms with Crippen LogP contribution in [0.2, 0.25) is 0 Å².